The molecule has 0 amide bonds. The minimum absolute atomic E-state index is 0.292. The van der Waals surface area contributed by atoms with Crippen molar-refractivity contribution in [3.63, 3.8) is 0 Å². The second kappa shape index (κ2) is 9.85. The van der Waals surface area contributed by atoms with Crippen LogP contribution >= 0.6 is 0 Å². The van der Waals surface area contributed by atoms with Gasteiger partial charge >= 0.3 is 0 Å². The summed E-state index contributed by atoms with van der Waals surface area (Å²) in [6.45, 7) is 6.29. The number of nitrogens with zero attached hydrogens (tertiary/aromatic N) is 4. The maximum Gasteiger partial charge on any atom is 0.199 e. The number of nitrogens with one attached hydrogen (secondary N) is 1. The lowest BCUT2D eigenvalue weighted by Gasteiger charge is -2.30. The van der Waals surface area contributed by atoms with Crippen molar-refractivity contribution in [2.75, 3.05) is 38.7 Å². The molecule has 172 valence electrons. The van der Waals surface area contributed by atoms with Gasteiger partial charge in [0.15, 0.2) is 11.5 Å². The number of rotatable bonds is 8. The van der Waals surface area contributed by atoms with E-state index in [1.165, 1.54) is 5.56 Å². The molecule has 4 aromatic rings. The highest BCUT2D eigenvalue weighted by atomic mass is 16.5. The smallest absolute Gasteiger partial charge is 0.199 e. The maximum atomic E-state index is 6.07. The summed E-state index contributed by atoms with van der Waals surface area (Å²) >= 11 is 0. The van der Waals surface area contributed by atoms with Gasteiger partial charge in [-0.05, 0) is 57.0 Å². The molecule has 7 nitrogen and oxygen atoms in total. The first kappa shape index (κ1) is 21.8. The van der Waals surface area contributed by atoms with E-state index in [0.29, 0.717) is 12.5 Å². The Morgan fingerprint density at radius 2 is 2.03 bits per heavy atom. The molecule has 0 bridgehead atoms. The third kappa shape index (κ3) is 4.99. The van der Waals surface area contributed by atoms with Crippen molar-refractivity contribution in [3.05, 3.63) is 59.7 Å². The average molecular weight is 446 g/mol. The van der Waals surface area contributed by atoms with Gasteiger partial charge in [0.05, 0.1) is 12.1 Å². The van der Waals surface area contributed by atoms with Gasteiger partial charge in [-0.2, -0.15) is 0 Å². The van der Waals surface area contributed by atoms with Crippen LogP contribution in [-0.4, -0.2) is 53.2 Å². The normalized spacial score (nSPS) is 17.1. The van der Waals surface area contributed by atoms with E-state index in [0.717, 1.165) is 85.0 Å². The number of oxazole rings is 1. The highest BCUT2D eigenvalue weighted by Crippen LogP contribution is 2.30. The zero-order valence-corrected chi connectivity index (χ0v) is 19.4. The van der Waals surface area contributed by atoms with E-state index in [4.69, 9.17) is 24.1 Å². The number of aromatic nitrogens is 3. The molecule has 0 unspecified atom stereocenters. The minimum Gasteiger partial charge on any atom is -0.440 e. The number of fused-ring (bicyclic) bond motifs is 2. The first-order valence-corrected chi connectivity index (χ1v) is 11.8. The van der Waals surface area contributed by atoms with Crippen LogP contribution in [0.1, 0.15) is 42.5 Å². The van der Waals surface area contributed by atoms with Crippen LogP contribution in [-0.2, 0) is 11.3 Å². The Bertz CT molecular complexity index is 1210. The van der Waals surface area contributed by atoms with Gasteiger partial charge < -0.3 is 14.5 Å². The first-order valence-electron chi connectivity index (χ1n) is 11.8. The fourth-order valence-corrected chi connectivity index (χ4v) is 4.58. The summed E-state index contributed by atoms with van der Waals surface area (Å²) < 4.78 is 11.3. The Morgan fingerprint density at radius 3 is 2.91 bits per heavy atom. The Balaban J connectivity index is 1.34. The van der Waals surface area contributed by atoms with Crippen LogP contribution in [0.3, 0.4) is 0 Å². The van der Waals surface area contributed by atoms with Gasteiger partial charge in [-0.3, -0.25) is 4.90 Å². The van der Waals surface area contributed by atoms with Crippen molar-refractivity contribution < 1.29 is 9.15 Å². The molecule has 0 spiro atoms. The van der Waals surface area contributed by atoms with Gasteiger partial charge in [-0.1, -0.05) is 23.8 Å². The molecule has 1 aliphatic heterocycles. The number of ether oxygens (including phenoxy) is 1. The standard InChI is InChI=1S/C26H31N5O2/c1-18-10-11-21-20(15-18)25(27-12-6-14-32-2)30-24(28-21)17-31-13-5-7-19(16-31)26-29-22-8-3-4-9-23(22)33-26/h3-4,8-11,15,19H,5-7,12-14,16-17H2,1-2H3,(H,27,28,30)/t19-/m0/s1. The largest absolute Gasteiger partial charge is 0.440 e. The molecule has 2 aromatic heterocycles. The van der Waals surface area contributed by atoms with Gasteiger partial charge in [-0.25, -0.2) is 15.0 Å². The van der Waals surface area contributed by atoms with E-state index < -0.39 is 0 Å². The zero-order chi connectivity index (χ0) is 22.6. The fraction of sp³-hybridized carbons (Fsp3) is 0.423. The molecular formula is C26H31N5O2. The highest BCUT2D eigenvalue weighted by molar-refractivity contribution is 5.89. The summed E-state index contributed by atoms with van der Waals surface area (Å²) in [5, 5.41) is 4.57. The SMILES string of the molecule is COCCCNc1nc(CN2CCC[C@H](c3nc4ccccc4o3)C2)nc2ccc(C)cc12. The zero-order valence-electron chi connectivity index (χ0n) is 19.4. The molecule has 0 saturated carbocycles. The van der Waals surface area contributed by atoms with Gasteiger partial charge in [0.25, 0.3) is 0 Å². The summed E-state index contributed by atoms with van der Waals surface area (Å²) in [5.41, 5.74) is 3.98. The molecule has 33 heavy (non-hydrogen) atoms. The van der Waals surface area contributed by atoms with E-state index in [9.17, 15) is 0 Å². The molecule has 1 aliphatic rings. The van der Waals surface area contributed by atoms with Gasteiger partial charge in [0, 0.05) is 38.1 Å². The van der Waals surface area contributed by atoms with E-state index in [2.05, 4.69) is 35.3 Å². The minimum atomic E-state index is 0.292. The predicted octanol–water partition coefficient (Wildman–Crippen LogP) is 4.91. The highest BCUT2D eigenvalue weighted by Gasteiger charge is 2.26. The van der Waals surface area contributed by atoms with Crippen molar-refractivity contribution in [2.45, 2.75) is 38.6 Å². The molecule has 2 aromatic carbocycles. The van der Waals surface area contributed by atoms with Crippen LogP contribution in [0.4, 0.5) is 5.82 Å². The average Bonchev–Trinajstić information content (AvgIpc) is 3.27. The molecule has 1 atom stereocenters. The van der Waals surface area contributed by atoms with Crippen molar-refractivity contribution in [1.82, 2.24) is 19.9 Å². The van der Waals surface area contributed by atoms with Crippen molar-refractivity contribution in [1.29, 1.82) is 0 Å². The van der Waals surface area contributed by atoms with Crippen LogP contribution in [0.15, 0.2) is 46.9 Å². The molecule has 7 heteroatoms. The first-order chi connectivity index (χ1) is 16.2. The number of anilines is 1. The van der Waals surface area contributed by atoms with Crippen molar-refractivity contribution in [3.8, 4) is 0 Å². The second-order valence-electron chi connectivity index (χ2n) is 8.88. The van der Waals surface area contributed by atoms with Crippen LogP contribution in [0.2, 0.25) is 0 Å². The van der Waals surface area contributed by atoms with Crippen LogP contribution in [0.25, 0.3) is 22.0 Å². The summed E-state index contributed by atoms with van der Waals surface area (Å²) in [7, 11) is 1.73. The third-order valence-electron chi connectivity index (χ3n) is 6.25. The van der Waals surface area contributed by atoms with Gasteiger partial charge in [0.1, 0.15) is 17.2 Å². The summed E-state index contributed by atoms with van der Waals surface area (Å²) in [6, 6.07) is 14.3. The van der Waals surface area contributed by atoms with E-state index in [1.807, 2.05) is 24.3 Å². The fourth-order valence-electron chi connectivity index (χ4n) is 4.58. The monoisotopic (exact) mass is 445 g/mol. The maximum absolute atomic E-state index is 6.07. The van der Waals surface area contributed by atoms with Crippen LogP contribution in [0.5, 0.6) is 0 Å². The molecule has 0 aliphatic carbocycles. The lowest BCUT2D eigenvalue weighted by atomic mass is 9.98. The van der Waals surface area contributed by atoms with E-state index in [1.54, 1.807) is 7.11 Å². The molecule has 5 rings (SSSR count). The van der Waals surface area contributed by atoms with Gasteiger partial charge in [-0.15, -0.1) is 0 Å². The number of aryl methyl sites for hydroxylation is 1. The Kier molecular flexibility index (Phi) is 6.51. The number of methoxy groups -OCH3 is 1. The summed E-state index contributed by atoms with van der Waals surface area (Å²) in [4.78, 5) is 17.0. The van der Waals surface area contributed by atoms with Crippen molar-refractivity contribution >= 4 is 27.8 Å². The quantitative estimate of drug-likeness (QED) is 0.386. The van der Waals surface area contributed by atoms with E-state index >= 15 is 0 Å². The number of piperidine rings is 1. The number of para-hydroxylation sites is 2. The summed E-state index contributed by atoms with van der Waals surface area (Å²) in [6.07, 6.45) is 3.13. The number of hydrogen-bond donors (Lipinski definition) is 1. The number of likely N-dealkylation sites (tertiary alicyclic amines) is 1. The molecule has 1 saturated heterocycles. The molecular weight excluding hydrogens is 414 g/mol. The predicted molar refractivity (Wildman–Crippen MR) is 131 cm³/mol. The topological polar surface area (TPSA) is 76.3 Å². The molecule has 1 N–H and O–H groups in total. The molecule has 0 radical (unpaired) electrons. The Hall–Kier alpha value is -3.03. The van der Waals surface area contributed by atoms with Crippen molar-refractivity contribution in [2.24, 2.45) is 0 Å². The second-order valence-corrected chi connectivity index (χ2v) is 8.88. The lowest BCUT2D eigenvalue weighted by molar-refractivity contribution is 0.183. The molecule has 3 heterocycles. The number of hydrogen-bond acceptors (Lipinski definition) is 7. The molecule has 1 fully saturated rings. The van der Waals surface area contributed by atoms with Crippen LogP contribution in [0, 0.1) is 6.92 Å². The third-order valence-corrected chi connectivity index (χ3v) is 6.25. The Morgan fingerprint density at radius 1 is 1.12 bits per heavy atom. The Labute approximate surface area is 194 Å². The van der Waals surface area contributed by atoms with E-state index in [-0.39, 0.29) is 0 Å². The lowest BCUT2D eigenvalue weighted by Crippen LogP contribution is -2.34. The number of benzene rings is 2. The van der Waals surface area contributed by atoms with Gasteiger partial charge in [0.2, 0.25) is 0 Å². The van der Waals surface area contributed by atoms with Crippen LogP contribution < -0.4 is 5.32 Å². The summed E-state index contributed by atoms with van der Waals surface area (Å²) in [5.74, 6) is 2.89.